The van der Waals surface area contributed by atoms with Crippen molar-refractivity contribution in [1.82, 2.24) is 4.31 Å². The predicted octanol–water partition coefficient (Wildman–Crippen LogP) is 2.10. The second-order valence-electron chi connectivity index (χ2n) is 5.09. The third kappa shape index (κ3) is 6.90. The maximum Gasteiger partial charge on any atom is 0.321 e. The molecule has 0 aromatic rings. The van der Waals surface area contributed by atoms with E-state index >= 15 is 0 Å². The summed E-state index contributed by atoms with van der Waals surface area (Å²) >= 11 is 5.68. The van der Waals surface area contributed by atoms with E-state index in [1.807, 2.05) is 13.8 Å². The third-order valence-electron chi connectivity index (χ3n) is 3.30. The lowest BCUT2D eigenvalue weighted by molar-refractivity contribution is -0.140. The fraction of sp³-hybridized carbons (Fsp3) is 0.923. The van der Waals surface area contributed by atoms with Gasteiger partial charge < -0.3 is 4.74 Å². The molecule has 0 radical (unpaired) electrons. The summed E-state index contributed by atoms with van der Waals surface area (Å²) in [4.78, 5) is 11.4. The molecule has 0 amide bonds. The summed E-state index contributed by atoms with van der Waals surface area (Å²) in [5.41, 5.74) is 0. The van der Waals surface area contributed by atoms with Crippen LogP contribution in [0.25, 0.3) is 0 Å². The van der Waals surface area contributed by atoms with E-state index < -0.39 is 16.0 Å². The molecule has 0 saturated heterocycles. The number of sulfonamides is 1. The summed E-state index contributed by atoms with van der Waals surface area (Å²) in [6.45, 7) is 5.92. The Hall–Kier alpha value is -0.330. The highest BCUT2D eigenvalue weighted by atomic mass is 35.5. The largest absolute Gasteiger partial charge is 0.468 e. The number of carbonyl (C=O) groups excluding carboxylic acids is 1. The molecule has 0 aromatic heterocycles. The summed E-state index contributed by atoms with van der Waals surface area (Å²) in [5, 5.41) is 0. The third-order valence-corrected chi connectivity index (χ3v) is 5.88. The van der Waals surface area contributed by atoms with Crippen molar-refractivity contribution in [3.8, 4) is 0 Å². The minimum atomic E-state index is -3.51. The summed E-state index contributed by atoms with van der Waals surface area (Å²) in [7, 11) is -2.25. The number of rotatable bonds is 10. The van der Waals surface area contributed by atoms with Crippen LogP contribution in [0, 0.1) is 11.8 Å². The van der Waals surface area contributed by atoms with E-state index in [0.717, 1.165) is 12.8 Å². The predicted molar refractivity (Wildman–Crippen MR) is 81.3 cm³/mol. The Labute approximate surface area is 127 Å². The number of hydrogen-bond acceptors (Lipinski definition) is 4. The van der Waals surface area contributed by atoms with Gasteiger partial charge in [-0.25, -0.2) is 8.42 Å². The first-order chi connectivity index (χ1) is 9.30. The molecule has 0 bridgehead atoms. The Kier molecular flexibility index (Phi) is 9.42. The topological polar surface area (TPSA) is 63.7 Å². The van der Waals surface area contributed by atoms with Crippen molar-refractivity contribution in [1.29, 1.82) is 0 Å². The van der Waals surface area contributed by atoms with Gasteiger partial charge in [-0.1, -0.05) is 33.6 Å². The second-order valence-corrected chi connectivity index (χ2v) is 7.41. The smallest absolute Gasteiger partial charge is 0.321 e. The minimum Gasteiger partial charge on any atom is -0.468 e. The van der Waals surface area contributed by atoms with Gasteiger partial charge in [-0.3, -0.25) is 4.79 Å². The molecule has 0 aromatic carbocycles. The summed E-state index contributed by atoms with van der Waals surface area (Å²) < 4.78 is 30.6. The normalized spacial score (nSPS) is 13.8. The van der Waals surface area contributed by atoms with Crippen LogP contribution < -0.4 is 0 Å². The molecule has 0 rings (SSSR count). The van der Waals surface area contributed by atoms with Gasteiger partial charge in [0.25, 0.3) is 0 Å². The van der Waals surface area contributed by atoms with Crippen LogP contribution in [0.2, 0.25) is 0 Å². The van der Waals surface area contributed by atoms with E-state index in [1.165, 1.54) is 11.4 Å². The molecule has 7 heteroatoms. The van der Waals surface area contributed by atoms with Crippen LogP contribution in [-0.2, 0) is 19.6 Å². The Morgan fingerprint density at radius 3 is 2.25 bits per heavy atom. The van der Waals surface area contributed by atoms with Crippen molar-refractivity contribution in [3.63, 3.8) is 0 Å². The Morgan fingerprint density at radius 2 is 1.85 bits per heavy atom. The van der Waals surface area contributed by atoms with Crippen molar-refractivity contribution < 1.29 is 17.9 Å². The van der Waals surface area contributed by atoms with Gasteiger partial charge in [0.1, 0.15) is 6.54 Å². The van der Waals surface area contributed by atoms with Crippen molar-refractivity contribution in [2.75, 3.05) is 31.8 Å². The summed E-state index contributed by atoms with van der Waals surface area (Å²) in [6.07, 6.45) is 1.74. The molecule has 1 unspecified atom stereocenters. The lowest BCUT2D eigenvalue weighted by Gasteiger charge is -2.26. The zero-order valence-corrected chi connectivity index (χ0v) is 14.3. The van der Waals surface area contributed by atoms with Crippen LogP contribution >= 0.6 is 11.6 Å². The van der Waals surface area contributed by atoms with Gasteiger partial charge in [0.15, 0.2) is 0 Å². The van der Waals surface area contributed by atoms with Gasteiger partial charge in [0.05, 0.1) is 12.9 Å². The maximum atomic E-state index is 12.4. The highest BCUT2D eigenvalue weighted by molar-refractivity contribution is 7.89. The van der Waals surface area contributed by atoms with Crippen molar-refractivity contribution in [2.45, 2.75) is 33.6 Å². The van der Waals surface area contributed by atoms with Crippen LogP contribution in [0.4, 0.5) is 0 Å². The number of halogens is 1. The maximum absolute atomic E-state index is 12.4. The molecule has 120 valence electrons. The van der Waals surface area contributed by atoms with Gasteiger partial charge in [0, 0.05) is 12.4 Å². The fourth-order valence-corrected chi connectivity index (χ4v) is 3.86. The fourth-order valence-electron chi connectivity index (χ4n) is 1.83. The lowest BCUT2D eigenvalue weighted by Crippen LogP contribution is -2.41. The van der Waals surface area contributed by atoms with E-state index in [1.54, 1.807) is 6.92 Å². The van der Waals surface area contributed by atoms with Gasteiger partial charge in [-0.2, -0.15) is 4.31 Å². The average molecular weight is 328 g/mol. The zero-order chi connectivity index (χ0) is 15.8. The van der Waals surface area contributed by atoms with E-state index in [2.05, 4.69) is 4.74 Å². The average Bonchev–Trinajstić information content (AvgIpc) is 2.42. The second kappa shape index (κ2) is 9.58. The number of hydrogen-bond donors (Lipinski definition) is 0. The highest BCUT2D eigenvalue weighted by Gasteiger charge is 2.28. The summed E-state index contributed by atoms with van der Waals surface area (Å²) in [5.74, 6) is -0.230. The van der Waals surface area contributed by atoms with Gasteiger partial charge in [-0.15, -0.1) is 11.6 Å². The number of ether oxygens (including phenoxy) is 1. The molecule has 0 aliphatic carbocycles. The molecule has 0 spiro atoms. The van der Waals surface area contributed by atoms with E-state index in [0.29, 0.717) is 6.54 Å². The number of methoxy groups -OCH3 is 1. The standard InChI is InChI=1S/C13H26ClNO4S/c1-5-12(6-2)8-15(9-13(16)19-4)20(17,18)10-11(3)7-14/h11-12H,5-10H2,1-4H3. The number of carbonyl (C=O) groups is 1. The first-order valence-electron chi connectivity index (χ1n) is 6.91. The van der Waals surface area contributed by atoms with E-state index in [9.17, 15) is 13.2 Å². The molecule has 0 heterocycles. The molecule has 5 nitrogen and oxygen atoms in total. The molecule has 0 N–H and O–H groups in total. The number of nitrogens with zero attached hydrogens (tertiary/aromatic N) is 1. The Balaban J connectivity index is 5.03. The monoisotopic (exact) mass is 327 g/mol. The molecule has 0 saturated carbocycles. The van der Waals surface area contributed by atoms with Crippen LogP contribution in [-0.4, -0.2) is 50.5 Å². The van der Waals surface area contributed by atoms with Crippen LogP contribution in [0.15, 0.2) is 0 Å². The Bertz CT molecular complexity index is 382. The highest BCUT2D eigenvalue weighted by Crippen LogP contribution is 2.15. The Morgan fingerprint density at radius 1 is 1.30 bits per heavy atom. The van der Waals surface area contributed by atoms with Crippen molar-refractivity contribution in [2.24, 2.45) is 11.8 Å². The van der Waals surface area contributed by atoms with Gasteiger partial charge in [0.2, 0.25) is 10.0 Å². The first kappa shape index (κ1) is 19.7. The van der Waals surface area contributed by atoms with Gasteiger partial charge in [-0.05, 0) is 11.8 Å². The molecule has 20 heavy (non-hydrogen) atoms. The molecular weight excluding hydrogens is 302 g/mol. The van der Waals surface area contributed by atoms with Crippen molar-refractivity contribution >= 4 is 27.6 Å². The van der Waals surface area contributed by atoms with E-state index in [-0.39, 0.29) is 30.0 Å². The van der Waals surface area contributed by atoms with Crippen LogP contribution in [0.1, 0.15) is 33.6 Å². The molecule has 0 aliphatic rings. The SMILES string of the molecule is CCC(CC)CN(CC(=O)OC)S(=O)(=O)CC(C)CCl. The summed E-state index contributed by atoms with van der Waals surface area (Å²) in [6, 6.07) is 0. The number of esters is 1. The van der Waals surface area contributed by atoms with Crippen LogP contribution in [0.3, 0.4) is 0 Å². The van der Waals surface area contributed by atoms with E-state index in [4.69, 9.17) is 11.6 Å². The molecular formula is C13H26ClNO4S. The number of alkyl halides is 1. The zero-order valence-electron chi connectivity index (χ0n) is 12.8. The molecule has 0 aliphatic heterocycles. The minimum absolute atomic E-state index is 0.0480. The molecule has 1 atom stereocenters. The van der Waals surface area contributed by atoms with Gasteiger partial charge >= 0.3 is 5.97 Å². The first-order valence-corrected chi connectivity index (χ1v) is 9.05. The quantitative estimate of drug-likeness (QED) is 0.455. The van der Waals surface area contributed by atoms with Crippen molar-refractivity contribution in [3.05, 3.63) is 0 Å². The lowest BCUT2D eigenvalue weighted by atomic mass is 10.0. The molecule has 0 fully saturated rings. The van der Waals surface area contributed by atoms with Crippen LogP contribution in [0.5, 0.6) is 0 Å².